The first-order valence-electron chi connectivity index (χ1n) is 9.40. The molecule has 0 radical (unpaired) electrons. The van der Waals surface area contributed by atoms with E-state index in [1.54, 1.807) is 16.8 Å². The Kier molecular flexibility index (Phi) is 6.05. The number of rotatable bonds is 5. The maximum atomic E-state index is 12.8. The van der Waals surface area contributed by atoms with Crippen LogP contribution in [0.15, 0.2) is 18.2 Å². The van der Waals surface area contributed by atoms with E-state index >= 15 is 0 Å². The summed E-state index contributed by atoms with van der Waals surface area (Å²) in [6.07, 6.45) is 0.242. The number of aromatic nitrogens is 4. The lowest BCUT2D eigenvalue weighted by atomic mass is 10.1. The molecule has 2 heterocycles. The van der Waals surface area contributed by atoms with E-state index < -0.39 is 0 Å². The Labute approximate surface area is 180 Å². The summed E-state index contributed by atoms with van der Waals surface area (Å²) < 4.78 is 3.59. The van der Waals surface area contributed by atoms with Gasteiger partial charge in [0.15, 0.2) is 0 Å². The molecule has 1 N–H and O–H groups in total. The summed E-state index contributed by atoms with van der Waals surface area (Å²) in [6.45, 7) is 9.78. The van der Waals surface area contributed by atoms with Crippen LogP contribution in [-0.4, -0.2) is 25.5 Å². The fraction of sp³-hybridized carbons (Fsp3) is 0.381. The third-order valence-electron chi connectivity index (χ3n) is 5.29. The van der Waals surface area contributed by atoms with E-state index in [9.17, 15) is 4.79 Å². The molecule has 29 heavy (non-hydrogen) atoms. The summed E-state index contributed by atoms with van der Waals surface area (Å²) in [4.78, 5) is 12.8. The Morgan fingerprint density at radius 2 is 1.79 bits per heavy atom. The minimum atomic E-state index is -0.127. The molecule has 0 aliphatic heterocycles. The number of nitrogens with zero attached hydrogens (tertiary/aromatic N) is 4. The summed E-state index contributed by atoms with van der Waals surface area (Å²) >= 11 is 12.3. The van der Waals surface area contributed by atoms with Crippen molar-refractivity contribution >= 4 is 29.1 Å². The summed E-state index contributed by atoms with van der Waals surface area (Å²) in [7, 11) is 1.91. The van der Waals surface area contributed by atoms with Crippen LogP contribution < -0.4 is 5.32 Å². The van der Waals surface area contributed by atoms with Crippen molar-refractivity contribution in [1.82, 2.24) is 24.9 Å². The smallest absolute Gasteiger partial charge is 0.225 e. The maximum Gasteiger partial charge on any atom is 0.225 e. The number of hydrogen-bond acceptors (Lipinski definition) is 3. The van der Waals surface area contributed by atoms with Crippen molar-refractivity contribution in [2.45, 2.75) is 47.1 Å². The Balaban J connectivity index is 1.81. The zero-order chi connectivity index (χ0) is 21.5. The average Bonchev–Trinajstić information content (AvgIpc) is 3.04. The molecule has 0 aliphatic carbocycles. The van der Waals surface area contributed by atoms with Crippen LogP contribution in [-0.2, 0) is 18.3 Å². The monoisotopic (exact) mass is 433 g/mol. The van der Waals surface area contributed by atoms with Crippen LogP contribution in [0.5, 0.6) is 0 Å². The quantitative estimate of drug-likeness (QED) is 0.640. The second-order valence-corrected chi connectivity index (χ2v) is 8.17. The van der Waals surface area contributed by atoms with Gasteiger partial charge in [-0.25, -0.2) is 4.68 Å². The molecule has 2 aromatic heterocycles. The molecule has 0 saturated carbocycles. The van der Waals surface area contributed by atoms with Crippen LogP contribution in [0, 0.1) is 27.7 Å². The zero-order valence-electron chi connectivity index (χ0n) is 17.5. The molecule has 1 unspecified atom stereocenters. The minimum Gasteiger partial charge on any atom is -0.349 e. The number of hydrogen-bond donors (Lipinski definition) is 1. The van der Waals surface area contributed by atoms with E-state index in [2.05, 4.69) is 15.5 Å². The van der Waals surface area contributed by atoms with Crippen LogP contribution >= 0.6 is 23.2 Å². The number of carbonyl (C=O) groups is 1. The highest BCUT2D eigenvalue weighted by molar-refractivity contribution is 6.35. The van der Waals surface area contributed by atoms with E-state index in [0.29, 0.717) is 10.0 Å². The molecule has 0 spiro atoms. The minimum absolute atomic E-state index is 0.0619. The highest BCUT2D eigenvalue weighted by atomic mass is 35.5. The Bertz CT molecular complexity index is 1080. The van der Waals surface area contributed by atoms with E-state index in [4.69, 9.17) is 23.2 Å². The summed E-state index contributed by atoms with van der Waals surface area (Å²) in [5, 5.41) is 13.2. The van der Waals surface area contributed by atoms with Gasteiger partial charge in [-0.15, -0.1) is 0 Å². The first-order chi connectivity index (χ1) is 13.6. The van der Waals surface area contributed by atoms with Gasteiger partial charge in [0.2, 0.25) is 5.91 Å². The lowest BCUT2D eigenvalue weighted by Gasteiger charge is -2.15. The molecular formula is C21H25Cl2N5O. The topological polar surface area (TPSA) is 64.7 Å². The lowest BCUT2D eigenvalue weighted by Crippen LogP contribution is -2.29. The molecule has 154 valence electrons. The number of halogens is 2. The lowest BCUT2D eigenvalue weighted by molar-refractivity contribution is -0.121. The van der Waals surface area contributed by atoms with Crippen molar-refractivity contribution in [1.29, 1.82) is 0 Å². The predicted molar refractivity (Wildman–Crippen MR) is 116 cm³/mol. The molecule has 0 aliphatic rings. The van der Waals surface area contributed by atoms with Gasteiger partial charge < -0.3 is 5.32 Å². The van der Waals surface area contributed by atoms with Crippen LogP contribution in [0.1, 0.15) is 46.9 Å². The van der Waals surface area contributed by atoms with Crippen molar-refractivity contribution in [2.24, 2.45) is 7.05 Å². The van der Waals surface area contributed by atoms with Gasteiger partial charge in [0, 0.05) is 34.6 Å². The Morgan fingerprint density at radius 1 is 1.10 bits per heavy atom. The molecule has 0 bridgehead atoms. The van der Waals surface area contributed by atoms with Crippen molar-refractivity contribution in [2.75, 3.05) is 0 Å². The maximum absolute atomic E-state index is 12.8. The van der Waals surface area contributed by atoms with Crippen molar-refractivity contribution < 1.29 is 4.79 Å². The van der Waals surface area contributed by atoms with Crippen molar-refractivity contribution in [3.05, 3.63) is 62.1 Å². The van der Waals surface area contributed by atoms with Gasteiger partial charge >= 0.3 is 0 Å². The summed E-state index contributed by atoms with van der Waals surface area (Å²) in [6, 6.07) is 5.15. The van der Waals surface area contributed by atoms with Crippen molar-refractivity contribution in [3.63, 3.8) is 0 Å². The third kappa shape index (κ3) is 4.19. The Morgan fingerprint density at radius 3 is 2.38 bits per heavy atom. The molecular weight excluding hydrogens is 409 g/mol. The van der Waals surface area contributed by atoms with Crippen molar-refractivity contribution in [3.8, 4) is 5.69 Å². The van der Waals surface area contributed by atoms with E-state index in [1.807, 2.05) is 52.4 Å². The number of carbonyl (C=O) groups excluding carboxylic acids is 1. The zero-order valence-corrected chi connectivity index (χ0v) is 19.0. The standard InChI is InChI=1S/C21H25Cl2N5O/c1-11-17(14(4)28(26-11)19-8-7-16(22)9-18(19)23)10-20(29)24-12(2)21-13(3)25-27(6)15(21)5/h7-9,12H,10H2,1-6H3,(H,24,29). The molecule has 6 nitrogen and oxygen atoms in total. The largest absolute Gasteiger partial charge is 0.349 e. The van der Waals surface area contributed by atoms with E-state index in [1.165, 1.54) is 0 Å². The highest BCUT2D eigenvalue weighted by Gasteiger charge is 2.21. The van der Waals surface area contributed by atoms with Gasteiger partial charge in [0.1, 0.15) is 0 Å². The number of benzene rings is 1. The van der Waals surface area contributed by atoms with E-state index in [0.717, 1.165) is 39.6 Å². The molecule has 3 rings (SSSR count). The average molecular weight is 434 g/mol. The fourth-order valence-electron chi connectivity index (χ4n) is 3.76. The van der Waals surface area contributed by atoms with Gasteiger partial charge in [0.25, 0.3) is 0 Å². The second-order valence-electron chi connectivity index (χ2n) is 7.33. The van der Waals surface area contributed by atoms with Gasteiger partial charge in [-0.3, -0.25) is 9.48 Å². The SMILES string of the molecule is Cc1nn(-c2ccc(Cl)cc2Cl)c(C)c1CC(=O)NC(C)c1c(C)nn(C)c1C. The number of nitrogens with one attached hydrogen (secondary N) is 1. The number of amides is 1. The Hall–Kier alpha value is -2.31. The molecule has 0 saturated heterocycles. The molecule has 8 heteroatoms. The summed E-state index contributed by atoms with van der Waals surface area (Å²) in [5.74, 6) is -0.0619. The van der Waals surface area contributed by atoms with Gasteiger partial charge in [-0.1, -0.05) is 23.2 Å². The third-order valence-corrected chi connectivity index (χ3v) is 5.83. The summed E-state index contributed by atoms with van der Waals surface area (Å²) in [5.41, 5.74) is 6.33. The first-order valence-corrected chi connectivity index (χ1v) is 10.2. The van der Waals surface area contributed by atoms with Crippen LogP contribution in [0.2, 0.25) is 10.0 Å². The highest BCUT2D eigenvalue weighted by Crippen LogP contribution is 2.27. The second kappa shape index (κ2) is 8.20. The molecule has 3 aromatic rings. The van der Waals surface area contributed by atoms with Gasteiger partial charge in [-0.2, -0.15) is 10.2 Å². The first kappa shape index (κ1) is 21.4. The fourth-order valence-corrected chi connectivity index (χ4v) is 4.25. The van der Waals surface area contributed by atoms with Gasteiger partial charge in [0.05, 0.1) is 34.6 Å². The van der Waals surface area contributed by atoms with Crippen LogP contribution in [0.4, 0.5) is 0 Å². The molecule has 1 aromatic carbocycles. The molecule has 1 amide bonds. The predicted octanol–water partition coefficient (Wildman–Crippen LogP) is 4.57. The van der Waals surface area contributed by atoms with Crippen LogP contribution in [0.3, 0.4) is 0 Å². The normalized spacial score (nSPS) is 12.3. The van der Waals surface area contributed by atoms with Crippen LogP contribution in [0.25, 0.3) is 5.69 Å². The molecule has 0 fully saturated rings. The molecule has 1 atom stereocenters. The van der Waals surface area contributed by atoms with E-state index in [-0.39, 0.29) is 18.4 Å². The van der Waals surface area contributed by atoms with Gasteiger partial charge in [-0.05, 0) is 52.8 Å². The number of aryl methyl sites for hydroxylation is 3.